The van der Waals surface area contributed by atoms with Gasteiger partial charge in [0.1, 0.15) is 0 Å². The number of ether oxygens (including phenoxy) is 2. The summed E-state index contributed by atoms with van der Waals surface area (Å²) >= 11 is 0. The molecule has 0 aliphatic heterocycles. The molecule has 2 bridgehead atoms. The molecule has 9 nitrogen and oxygen atoms in total. The van der Waals surface area contributed by atoms with Crippen LogP contribution >= 0.6 is 0 Å². The van der Waals surface area contributed by atoms with Gasteiger partial charge in [0.15, 0.2) is 11.6 Å². The van der Waals surface area contributed by atoms with Gasteiger partial charge in [-0.05, 0) is 96.6 Å². The molecule has 2 saturated carbocycles. The highest BCUT2D eigenvalue weighted by Crippen LogP contribution is 2.50. The number of rotatable bonds is 12. The molecule has 0 radical (unpaired) electrons. The van der Waals surface area contributed by atoms with Crippen molar-refractivity contribution in [3.8, 4) is 0 Å². The van der Waals surface area contributed by atoms with Crippen LogP contribution in [0, 0.1) is 45.4 Å². The first-order valence-electron chi connectivity index (χ1n) is 14.5. The van der Waals surface area contributed by atoms with Gasteiger partial charge in [0, 0.05) is 17.4 Å². The predicted molar refractivity (Wildman–Crippen MR) is 151 cm³/mol. The largest absolute Gasteiger partial charge is 0.462 e. The highest BCUT2D eigenvalue weighted by atomic mass is 16.5. The number of nitrogens with one attached hydrogen (secondary N) is 2. The molecule has 2 fully saturated rings. The highest BCUT2D eigenvalue weighted by Gasteiger charge is 2.44. The topological polar surface area (TPSA) is 122 Å². The molecule has 9 heteroatoms. The monoisotopic (exact) mass is 553 g/mol. The van der Waals surface area contributed by atoms with E-state index in [-0.39, 0.29) is 43.9 Å². The van der Waals surface area contributed by atoms with Crippen LogP contribution in [0.15, 0.2) is 0 Å². The summed E-state index contributed by atoms with van der Waals surface area (Å²) in [7, 11) is 0. The van der Waals surface area contributed by atoms with Gasteiger partial charge in [-0.1, -0.05) is 6.42 Å². The minimum Gasteiger partial charge on any atom is -0.462 e. The van der Waals surface area contributed by atoms with E-state index in [2.05, 4.69) is 16.9 Å². The van der Waals surface area contributed by atoms with Gasteiger partial charge < -0.3 is 19.4 Å². The Labute approximate surface area is 236 Å². The Morgan fingerprint density at radius 3 is 1.65 bits per heavy atom. The van der Waals surface area contributed by atoms with Gasteiger partial charge >= 0.3 is 11.9 Å². The van der Waals surface area contributed by atoms with Crippen LogP contribution in [-0.2, 0) is 9.47 Å². The van der Waals surface area contributed by atoms with Gasteiger partial charge in [-0.3, -0.25) is 14.5 Å². The maximum Gasteiger partial charge on any atom is 0.340 e. The Morgan fingerprint density at radius 2 is 1.27 bits per heavy atom. The first-order chi connectivity index (χ1) is 19.0. The Bertz CT molecular complexity index is 1220. The van der Waals surface area contributed by atoms with Crippen LogP contribution in [0.1, 0.15) is 111 Å². The normalized spacial score (nSPS) is 20.6. The third kappa shape index (κ3) is 5.66. The molecule has 2 aliphatic carbocycles. The van der Waals surface area contributed by atoms with Crippen LogP contribution in [0.2, 0.25) is 0 Å². The van der Waals surface area contributed by atoms with Crippen LogP contribution in [0.5, 0.6) is 0 Å². The number of nitrogens with zero attached hydrogens (tertiary/aromatic N) is 1. The number of Topliss-reactive ketones (excluding diaryl/α,β-unsaturated/α-hetero) is 2. The number of aromatic amines is 2. The van der Waals surface area contributed by atoms with E-state index in [1.165, 1.54) is 19.3 Å². The fourth-order valence-electron chi connectivity index (χ4n) is 7.10. The molecule has 0 saturated heterocycles. The van der Waals surface area contributed by atoms with E-state index in [1.807, 2.05) is 4.90 Å². The molecule has 4 rings (SSSR count). The highest BCUT2D eigenvalue weighted by molar-refractivity contribution is 6.04. The van der Waals surface area contributed by atoms with E-state index in [9.17, 15) is 19.2 Å². The van der Waals surface area contributed by atoms with Gasteiger partial charge in [0.2, 0.25) is 0 Å². The van der Waals surface area contributed by atoms with Gasteiger partial charge in [-0.15, -0.1) is 0 Å². The maximum atomic E-state index is 13.7. The first kappa shape index (κ1) is 29.8. The van der Waals surface area contributed by atoms with Gasteiger partial charge in [0.05, 0.1) is 48.8 Å². The number of hydrogen-bond donors (Lipinski definition) is 2. The van der Waals surface area contributed by atoms with Crippen molar-refractivity contribution in [1.82, 2.24) is 14.9 Å². The second-order valence-electron chi connectivity index (χ2n) is 11.5. The lowest BCUT2D eigenvalue weighted by atomic mass is 9.83. The number of carbonyl (C=O) groups is 4. The minimum atomic E-state index is -0.454. The van der Waals surface area contributed by atoms with Crippen molar-refractivity contribution in [2.24, 2.45) is 17.8 Å². The maximum absolute atomic E-state index is 13.7. The zero-order valence-corrected chi connectivity index (χ0v) is 24.9. The van der Waals surface area contributed by atoms with Crippen molar-refractivity contribution < 1.29 is 28.7 Å². The molecule has 2 aliphatic rings. The summed E-state index contributed by atoms with van der Waals surface area (Å²) < 4.78 is 10.4. The number of ketones is 2. The summed E-state index contributed by atoms with van der Waals surface area (Å²) in [5, 5.41) is 0. The fourth-order valence-corrected chi connectivity index (χ4v) is 7.10. The number of hydrogen-bond acceptors (Lipinski definition) is 7. The third-order valence-corrected chi connectivity index (χ3v) is 9.07. The number of aryl methyl sites for hydroxylation is 2. The van der Waals surface area contributed by atoms with E-state index in [4.69, 9.17) is 9.47 Å². The summed E-state index contributed by atoms with van der Waals surface area (Å²) in [4.78, 5) is 60.6. The Hall–Kier alpha value is -3.20. The SMILES string of the molecule is CCOC(=O)c1c(C)[nH]c(C(=O)CN(CC(=O)c2[nH]c(C)c(C(=O)OCC)c2C)C(C)C2CC3CCC2C3)c1C. The second kappa shape index (κ2) is 12.1. The molecule has 40 heavy (non-hydrogen) atoms. The quantitative estimate of drug-likeness (QED) is 0.276. The Kier molecular flexibility index (Phi) is 9.02. The lowest BCUT2D eigenvalue weighted by molar-refractivity contribution is 0.0515. The Morgan fingerprint density at radius 1 is 0.800 bits per heavy atom. The molecule has 2 N–H and O–H groups in total. The van der Waals surface area contributed by atoms with Crippen molar-refractivity contribution in [1.29, 1.82) is 0 Å². The van der Waals surface area contributed by atoms with Crippen LogP contribution < -0.4 is 0 Å². The molecule has 0 aromatic carbocycles. The fraction of sp³-hybridized carbons (Fsp3) is 0.613. The smallest absolute Gasteiger partial charge is 0.340 e. The van der Waals surface area contributed by atoms with Crippen LogP contribution in [0.4, 0.5) is 0 Å². The molecular formula is C31H43N3O6. The average molecular weight is 554 g/mol. The van der Waals surface area contributed by atoms with E-state index in [0.29, 0.717) is 56.9 Å². The third-order valence-electron chi connectivity index (χ3n) is 9.07. The number of esters is 2. The molecule has 2 aromatic heterocycles. The van der Waals surface area contributed by atoms with E-state index in [1.54, 1.807) is 41.5 Å². The molecule has 0 spiro atoms. The predicted octanol–water partition coefficient (Wildman–Crippen LogP) is 5.12. The van der Waals surface area contributed by atoms with Crippen molar-refractivity contribution >= 4 is 23.5 Å². The van der Waals surface area contributed by atoms with Crippen molar-refractivity contribution in [2.75, 3.05) is 26.3 Å². The molecule has 4 atom stereocenters. The lowest BCUT2D eigenvalue weighted by Crippen LogP contribution is -2.46. The van der Waals surface area contributed by atoms with Gasteiger partial charge in [-0.2, -0.15) is 0 Å². The zero-order chi connectivity index (χ0) is 29.3. The molecule has 2 heterocycles. The number of aromatic nitrogens is 2. The van der Waals surface area contributed by atoms with E-state index >= 15 is 0 Å². The van der Waals surface area contributed by atoms with Crippen LogP contribution in [-0.4, -0.2) is 70.7 Å². The molecule has 0 amide bonds. The minimum absolute atomic E-state index is 0.0185. The van der Waals surface area contributed by atoms with Crippen molar-refractivity contribution in [2.45, 2.75) is 80.2 Å². The first-order valence-corrected chi connectivity index (χ1v) is 14.5. The molecular weight excluding hydrogens is 510 g/mol. The summed E-state index contributed by atoms with van der Waals surface area (Å²) in [5.41, 5.74) is 3.82. The standard InChI is InChI=1S/C31H43N3O6/c1-8-39-30(37)26-16(3)28(32-18(26)5)24(35)14-34(20(7)23-13-21-10-11-22(23)12-21)15-25(36)29-17(4)27(19(6)33-29)31(38)40-9-2/h20-23,32-33H,8-15H2,1-7H3. The summed E-state index contributed by atoms with van der Waals surface area (Å²) in [6.45, 7) is 13.2. The van der Waals surface area contributed by atoms with Gasteiger partial charge in [0.25, 0.3) is 0 Å². The molecule has 4 unspecified atom stereocenters. The molecule has 218 valence electrons. The molecule has 2 aromatic rings. The number of fused-ring (bicyclic) bond motifs is 2. The van der Waals surface area contributed by atoms with E-state index < -0.39 is 11.9 Å². The van der Waals surface area contributed by atoms with Crippen molar-refractivity contribution in [3.63, 3.8) is 0 Å². The second-order valence-corrected chi connectivity index (χ2v) is 11.5. The van der Waals surface area contributed by atoms with Crippen LogP contribution in [0.25, 0.3) is 0 Å². The van der Waals surface area contributed by atoms with Crippen LogP contribution in [0.3, 0.4) is 0 Å². The van der Waals surface area contributed by atoms with E-state index in [0.717, 1.165) is 12.3 Å². The number of carbonyl (C=O) groups excluding carboxylic acids is 4. The Balaban J connectivity index is 1.61. The van der Waals surface area contributed by atoms with Crippen molar-refractivity contribution in [3.05, 3.63) is 45.0 Å². The average Bonchev–Trinajstić information content (AvgIpc) is 3.66. The lowest BCUT2D eigenvalue weighted by Gasteiger charge is -2.36. The zero-order valence-electron chi connectivity index (χ0n) is 24.9. The van der Waals surface area contributed by atoms with Gasteiger partial charge in [-0.25, -0.2) is 9.59 Å². The number of H-pyrrole nitrogens is 2. The summed E-state index contributed by atoms with van der Waals surface area (Å²) in [6, 6.07) is 0.0185. The summed E-state index contributed by atoms with van der Waals surface area (Å²) in [5.74, 6) is 0.503. The summed E-state index contributed by atoms with van der Waals surface area (Å²) in [6.07, 6.45) is 4.80.